The fraction of sp³-hybridized carbons (Fsp3) is 0.500. The molecule has 2 fully saturated rings. The Labute approximate surface area is 139 Å². The number of rotatable bonds is 3. The van der Waals surface area contributed by atoms with Gasteiger partial charge in [-0.25, -0.2) is 4.98 Å². The maximum atomic E-state index is 5.35. The van der Waals surface area contributed by atoms with Crippen LogP contribution in [0.4, 0.5) is 0 Å². The van der Waals surface area contributed by atoms with Crippen molar-refractivity contribution in [2.45, 2.75) is 18.8 Å². The van der Waals surface area contributed by atoms with Gasteiger partial charge in [0.15, 0.2) is 0 Å². The average molecular weight is 333 g/mol. The zero-order valence-electron chi connectivity index (χ0n) is 12.4. The van der Waals surface area contributed by atoms with E-state index >= 15 is 0 Å². The number of likely N-dealkylation sites (tertiary alicyclic amines) is 1. The van der Waals surface area contributed by atoms with E-state index < -0.39 is 0 Å². The third kappa shape index (κ3) is 2.83. The fourth-order valence-electron chi connectivity index (χ4n) is 3.18. The highest BCUT2D eigenvalue weighted by atomic mass is 32.1. The summed E-state index contributed by atoms with van der Waals surface area (Å²) in [7, 11) is 0. The van der Waals surface area contributed by atoms with Crippen LogP contribution < -0.4 is 0 Å². The molecule has 0 unspecified atom stereocenters. The first kappa shape index (κ1) is 14.4. The van der Waals surface area contributed by atoms with Crippen LogP contribution in [-0.4, -0.2) is 52.9 Å². The molecule has 0 spiro atoms. The Kier molecular flexibility index (Phi) is 3.98. The summed E-state index contributed by atoms with van der Waals surface area (Å²) in [6, 6.07) is 8.43. The van der Waals surface area contributed by atoms with Gasteiger partial charge in [-0.15, -0.1) is 11.3 Å². The van der Waals surface area contributed by atoms with Crippen LogP contribution in [0.2, 0.25) is 0 Å². The lowest BCUT2D eigenvalue weighted by Crippen LogP contribution is -2.42. The van der Waals surface area contributed by atoms with Crippen molar-refractivity contribution in [1.29, 1.82) is 0 Å². The van der Waals surface area contributed by atoms with E-state index in [1.165, 1.54) is 22.5 Å². The van der Waals surface area contributed by atoms with Gasteiger partial charge in [0, 0.05) is 19.0 Å². The summed E-state index contributed by atoms with van der Waals surface area (Å²) in [5.74, 6) is 0.607. The molecule has 0 saturated carbocycles. The predicted molar refractivity (Wildman–Crippen MR) is 93.3 cm³/mol. The third-order valence-electron chi connectivity index (χ3n) is 4.46. The van der Waals surface area contributed by atoms with Gasteiger partial charge in [0.25, 0.3) is 5.17 Å². The van der Waals surface area contributed by atoms with Crippen LogP contribution in [0.3, 0.4) is 0 Å². The molecule has 0 amide bonds. The Morgan fingerprint density at radius 3 is 2.77 bits per heavy atom. The molecule has 2 saturated heterocycles. The van der Waals surface area contributed by atoms with Crippen molar-refractivity contribution in [3.63, 3.8) is 0 Å². The highest BCUT2D eigenvalue weighted by Crippen LogP contribution is 2.33. The number of thiocarbonyl (C=S) groups is 1. The van der Waals surface area contributed by atoms with Gasteiger partial charge in [-0.3, -0.25) is 4.90 Å². The maximum Gasteiger partial charge on any atom is 0.260 e. The van der Waals surface area contributed by atoms with Crippen molar-refractivity contribution in [3.8, 4) is 0 Å². The normalized spacial score (nSPS) is 20.7. The second kappa shape index (κ2) is 6.10. The molecule has 0 bridgehead atoms. The van der Waals surface area contributed by atoms with Crippen molar-refractivity contribution in [2.75, 3.05) is 32.9 Å². The molecule has 0 N–H and O–H groups in total. The van der Waals surface area contributed by atoms with Crippen LogP contribution in [0.25, 0.3) is 10.2 Å². The number of benzene rings is 1. The molecule has 1 aromatic heterocycles. The maximum absolute atomic E-state index is 5.35. The molecule has 2 aromatic rings. The van der Waals surface area contributed by atoms with Gasteiger partial charge >= 0.3 is 0 Å². The molecule has 1 aromatic carbocycles. The molecule has 22 heavy (non-hydrogen) atoms. The SMILES string of the molecule is S=C1OCCN1CN1CCC(c2nc3ccccc3s2)CC1. The van der Waals surface area contributed by atoms with Crippen LogP contribution in [0, 0.1) is 0 Å². The van der Waals surface area contributed by atoms with Gasteiger partial charge in [-0.2, -0.15) is 0 Å². The number of hydrogen-bond acceptors (Lipinski definition) is 5. The number of fused-ring (bicyclic) bond motifs is 1. The van der Waals surface area contributed by atoms with Crippen LogP contribution in [0.5, 0.6) is 0 Å². The minimum Gasteiger partial charge on any atom is -0.469 e. The first-order valence-electron chi connectivity index (χ1n) is 7.79. The zero-order chi connectivity index (χ0) is 14.9. The molecule has 2 aliphatic heterocycles. The van der Waals surface area contributed by atoms with Gasteiger partial charge in [0.1, 0.15) is 6.61 Å². The standard InChI is InChI=1S/C16H19N3OS2/c21-16-19(9-10-20-16)11-18-7-5-12(6-8-18)15-17-13-3-1-2-4-14(13)22-15/h1-4,12H,5-11H2. The van der Waals surface area contributed by atoms with Crippen molar-refractivity contribution in [2.24, 2.45) is 0 Å². The van der Waals surface area contributed by atoms with Crippen LogP contribution in [0.1, 0.15) is 23.8 Å². The second-order valence-corrected chi connectivity index (χ2v) is 7.34. The predicted octanol–water partition coefficient (Wildman–Crippen LogP) is 3.05. The van der Waals surface area contributed by atoms with Crippen molar-refractivity contribution in [3.05, 3.63) is 29.3 Å². The van der Waals surface area contributed by atoms with Crippen LogP contribution >= 0.6 is 23.6 Å². The summed E-state index contributed by atoms with van der Waals surface area (Å²) < 4.78 is 6.66. The van der Waals surface area contributed by atoms with E-state index in [2.05, 4.69) is 34.1 Å². The Morgan fingerprint density at radius 2 is 2.05 bits per heavy atom. The molecule has 4 rings (SSSR count). The number of ether oxygens (including phenoxy) is 1. The van der Waals surface area contributed by atoms with Gasteiger partial charge < -0.3 is 9.64 Å². The monoisotopic (exact) mass is 333 g/mol. The van der Waals surface area contributed by atoms with Crippen molar-refractivity contribution in [1.82, 2.24) is 14.8 Å². The van der Waals surface area contributed by atoms with E-state index in [9.17, 15) is 0 Å². The number of hydrogen-bond donors (Lipinski definition) is 0. The Bertz CT molecular complexity index is 646. The summed E-state index contributed by atoms with van der Waals surface area (Å²) in [5, 5.41) is 1.97. The minimum absolute atomic E-state index is 0.607. The molecule has 0 aliphatic carbocycles. The molecule has 2 aliphatic rings. The first-order chi connectivity index (χ1) is 10.8. The lowest BCUT2D eigenvalue weighted by Gasteiger charge is -2.33. The second-order valence-electron chi connectivity index (χ2n) is 5.93. The van der Waals surface area contributed by atoms with Crippen molar-refractivity contribution >= 4 is 38.9 Å². The number of thiazole rings is 1. The third-order valence-corrected chi connectivity index (χ3v) is 6.04. The minimum atomic E-state index is 0.607. The number of nitrogens with zero attached hydrogens (tertiary/aromatic N) is 3. The van der Waals surface area contributed by atoms with Gasteiger partial charge in [-0.05, 0) is 37.2 Å². The molecule has 0 radical (unpaired) electrons. The van der Waals surface area contributed by atoms with E-state index in [0.29, 0.717) is 11.1 Å². The van der Waals surface area contributed by atoms with E-state index in [1.54, 1.807) is 0 Å². The van der Waals surface area contributed by atoms with Crippen LogP contribution in [-0.2, 0) is 4.74 Å². The number of aromatic nitrogens is 1. The lowest BCUT2D eigenvalue weighted by atomic mass is 9.98. The van der Waals surface area contributed by atoms with Gasteiger partial charge in [0.2, 0.25) is 0 Å². The Morgan fingerprint density at radius 1 is 1.23 bits per heavy atom. The van der Waals surface area contributed by atoms with E-state index in [1.807, 2.05) is 11.3 Å². The highest BCUT2D eigenvalue weighted by Gasteiger charge is 2.26. The summed E-state index contributed by atoms with van der Waals surface area (Å²) in [4.78, 5) is 9.46. The average Bonchev–Trinajstić information content (AvgIpc) is 3.15. The zero-order valence-corrected chi connectivity index (χ0v) is 14.0. The first-order valence-corrected chi connectivity index (χ1v) is 9.01. The van der Waals surface area contributed by atoms with Crippen LogP contribution in [0.15, 0.2) is 24.3 Å². The Hall–Kier alpha value is -1.24. The van der Waals surface area contributed by atoms with Gasteiger partial charge in [0.05, 0.1) is 28.4 Å². The summed E-state index contributed by atoms with van der Waals surface area (Å²) in [6.07, 6.45) is 2.36. The fourth-order valence-corrected chi connectivity index (χ4v) is 4.55. The van der Waals surface area contributed by atoms with Gasteiger partial charge in [-0.1, -0.05) is 12.1 Å². The summed E-state index contributed by atoms with van der Waals surface area (Å²) in [6.45, 7) is 4.79. The summed E-state index contributed by atoms with van der Waals surface area (Å²) >= 11 is 7.07. The number of piperidine rings is 1. The molecule has 6 heteroatoms. The molecule has 4 nitrogen and oxygen atoms in total. The number of para-hydroxylation sites is 1. The Balaban J connectivity index is 1.38. The molecular formula is C16H19N3OS2. The molecule has 116 valence electrons. The quantitative estimate of drug-likeness (QED) is 0.805. The van der Waals surface area contributed by atoms with E-state index in [4.69, 9.17) is 21.9 Å². The highest BCUT2D eigenvalue weighted by molar-refractivity contribution is 7.80. The largest absolute Gasteiger partial charge is 0.469 e. The van der Waals surface area contributed by atoms with Crippen molar-refractivity contribution < 1.29 is 4.74 Å². The molecular weight excluding hydrogens is 314 g/mol. The van der Waals surface area contributed by atoms with E-state index in [-0.39, 0.29) is 0 Å². The topological polar surface area (TPSA) is 28.6 Å². The molecule has 3 heterocycles. The summed E-state index contributed by atoms with van der Waals surface area (Å²) in [5.41, 5.74) is 1.14. The van der Waals surface area contributed by atoms with E-state index in [0.717, 1.165) is 38.4 Å². The smallest absolute Gasteiger partial charge is 0.260 e. The lowest BCUT2D eigenvalue weighted by molar-refractivity contribution is 0.156. The molecule has 0 atom stereocenters.